The fraction of sp³-hybridized carbons (Fsp3) is 0. The van der Waals surface area contributed by atoms with Crippen LogP contribution in [0.4, 0.5) is 0 Å². The summed E-state index contributed by atoms with van der Waals surface area (Å²) in [4.78, 5) is 3.35. The molecule has 0 radical (unpaired) electrons. The molecule has 0 aliphatic heterocycles. The minimum Gasteiger partial charge on any atom is -0.389 e. The molecule has 3 aromatic rings. The van der Waals surface area contributed by atoms with Gasteiger partial charge < -0.3 is 10.7 Å². The molecule has 3 nitrogen and oxygen atoms in total. The first-order valence-corrected chi connectivity index (χ1v) is 5.86. The predicted octanol–water partition coefficient (Wildman–Crippen LogP) is 2.00. The third-order valence-electron chi connectivity index (χ3n) is 3.04. The van der Waals surface area contributed by atoms with Gasteiger partial charge in [0.1, 0.15) is 16.6 Å². The highest BCUT2D eigenvalue weighted by molar-refractivity contribution is 7.81. The van der Waals surface area contributed by atoms with Gasteiger partial charge in [0.05, 0.1) is 5.35 Å². The Morgan fingerprint density at radius 2 is 1.94 bits per heavy atom. The summed E-state index contributed by atoms with van der Waals surface area (Å²) < 4.78 is 0. The molecule has 0 bridgehead atoms. The Hall–Kier alpha value is -2.38. The number of aromatic amines is 1. The zero-order chi connectivity index (χ0) is 12.7. The Balaban J connectivity index is 2.65. The van der Waals surface area contributed by atoms with Gasteiger partial charge in [-0.2, -0.15) is 5.26 Å². The third-order valence-corrected chi connectivity index (χ3v) is 3.25. The molecule has 0 amide bonds. The number of nitrogens with one attached hydrogen (secondary N) is 1. The summed E-state index contributed by atoms with van der Waals surface area (Å²) >= 11 is 4.93. The average molecular weight is 251 g/mol. The summed E-state index contributed by atoms with van der Waals surface area (Å²) in [5.41, 5.74) is 6.92. The summed E-state index contributed by atoms with van der Waals surface area (Å²) in [5, 5.41) is 13.1. The first kappa shape index (κ1) is 10.8. The Bertz CT molecular complexity index is 862. The summed E-state index contributed by atoms with van der Waals surface area (Å²) in [6.45, 7) is 0. The molecule has 0 aliphatic carbocycles. The lowest BCUT2D eigenvalue weighted by Gasteiger charge is -1.96. The molecule has 0 saturated carbocycles. The number of thiocarbonyl (C=S) groups is 1. The van der Waals surface area contributed by atoms with Crippen LogP contribution >= 0.6 is 12.2 Å². The number of nitrogens with two attached hydrogens (primary N) is 1. The van der Waals surface area contributed by atoms with Crippen LogP contribution < -0.4 is 11.1 Å². The van der Waals surface area contributed by atoms with Crippen LogP contribution in [0.25, 0.3) is 27.2 Å². The van der Waals surface area contributed by atoms with Crippen LogP contribution in [0.1, 0.15) is 0 Å². The van der Waals surface area contributed by atoms with Crippen molar-refractivity contribution < 1.29 is 0 Å². The molecule has 86 valence electrons. The summed E-state index contributed by atoms with van der Waals surface area (Å²) in [6.07, 6.45) is 0. The molecule has 1 heterocycles. The highest BCUT2D eigenvalue weighted by Gasteiger charge is 2.10. The van der Waals surface area contributed by atoms with Crippen molar-refractivity contribution in [2.75, 3.05) is 0 Å². The van der Waals surface area contributed by atoms with Crippen molar-refractivity contribution in [1.29, 1.82) is 5.26 Å². The molecule has 0 atom stereocenters. The van der Waals surface area contributed by atoms with E-state index in [1.54, 1.807) is 0 Å². The molecule has 3 rings (SSSR count). The highest BCUT2D eigenvalue weighted by Crippen LogP contribution is 2.23. The number of benzene rings is 2. The number of aromatic nitrogens is 1. The topological polar surface area (TPSA) is 65.6 Å². The largest absolute Gasteiger partial charge is 0.389 e. The van der Waals surface area contributed by atoms with Crippen molar-refractivity contribution in [3.8, 4) is 6.07 Å². The number of rotatable bonds is 1. The van der Waals surface area contributed by atoms with Crippen LogP contribution in [0.5, 0.6) is 0 Å². The lowest BCUT2D eigenvalue weighted by Crippen LogP contribution is -2.19. The molecule has 2 aromatic carbocycles. The van der Waals surface area contributed by atoms with Crippen LogP contribution in [-0.2, 0) is 0 Å². The zero-order valence-corrected chi connectivity index (χ0v) is 10.2. The lowest BCUT2D eigenvalue weighted by atomic mass is 10.1. The fourth-order valence-electron chi connectivity index (χ4n) is 2.29. The highest BCUT2D eigenvalue weighted by atomic mass is 32.1. The van der Waals surface area contributed by atoms with E-state index in [4.69, 9.17) is 18.0 Å². The van der Waals surface area contributed by atoms with Crippen LogP contribution in [0, 0.1) is 11.3 Å². The van der Waals surface area contributed by atoms with Crippen molar-refractivity contribution in [2.24, 2.45) is 5.73 Å². The molecule has 0 unspecified atom stereocenters. The quantitative estimate of drug-likeness (QED) is 0.650. The fourth-order valence-corrected chi connectivity index (χ4v) is 2.43. The average Bonchev–Trinajstić information content (AvgIpc) is 2.72. The lowest BCUT2D eigenvalue weighted by molar-refractivity contribution is 1.39. The number of nitriles is 1. The maximum absolute atomic E-state index is 9.18. The molecule has 0 spiro atoms. The van der Waals surface area contributed by atoms with Crippen LogP contribution in [0.15, 0.2) is 36.4 Å². The molecule has 4 heteroatoms. The number of H-pyrrole nitrogens is 1. The summed E-state index contributed by atoms with van der Waals surface area (Å²) in [6, 6.07) is 14.0. The first-order valence-electron chi connectivity index (χ1n) is 5.45. The van der Waals surface area contributed by atoms with Gasteiger partial charge in [-0.1, -0.05) is 42.5 Å². The van der Waals surface area contributed by atoms with Crippen molar-refractivity contribution >= 4 is 44.5 Å². The van der Waals surface area contributed by atoms with Gasteiger partial charge in [-0.3, -0.25) is 0 Å². The van der Waals surface area contributed by atoms with E-state index in [0.717, 1.165) is 21.7 Å². The van der Waals surface area contributed by atoms with E-state index in [1.165, 1.54) is 0 Å². The second-order valence-electron chi connectivity index (χ2n) is 4.06. The van der Waals surface area contributed by atoms with E-state index in [-0.39, 0.29) is 4.99 Å². The Labute approximate surface area is 108 Å². The maximum Gasteiger partial charge on any atom is 0.116 e. The first-order chi connectivity index (χ1) is 8.72. The Morgan fingerprint density at radius 3 is 2.61 bits per heavy atom. The Kier molecular flexibility index (Phi) is 2.29. The molecule has 0 saturated heterocycles. The second kappa shape index (κ2) is 3.83. The molecule has 1 aromatic heterocycles. The smallest absolute Gasteiger partial charge is 0.116 e. The van der Waals surface area contributed by atoms with Gasteiger partial charge >= 0.3 is 0 Å². The molecule has 0 fully saturated rings. The number of hydrogen-bond donors (Lipinski definition) is 2. The normalized spacial score (nSPS) is 12.6. The standard InChI is InChI=1S/C14H9N3S/c15-7-10(14(16)18)13-9-5-1-3-8-4-2-6-11(17-13)12(8)9/h1-6,17H,(H2,16,18)/b13-10-. The van der Waals surface area contributed by atoms with E-state index < -0.39 is 0 Å². The Morgan fingerprint density at radius 1 is 1.22 bits per heavy atom. The van der Waals surface area contributed by atoms with Crippen molar-refractivity contribution in [1.82, 2.24) is 4.98 Å². The van der Waals surface area contributed by atoms with E-state index >= 15 is 0 Å². The van der Waals surface area contributed by atoms with E-state index in [1.807, 2.05) is 36.4 Å². The number of hydrogen-bond acceptors (Lipinski definition) is 2. The minimum absolute atomic E-state index is 0.116. The van der Waals surface area contributed by atoms with Crippen LogP contribution in [0.3, 0.4) is 0 Å². The molecular formula is C14H9N3S. The van der Waals surface area contributed by atoms with Gasteiger partial charge in [0.15, 0.2) is 0 Å². The molecule has 0 aliphatic rings. The summed E-state index contributed by atoms with van der Waals surface area (Å²) in [5.74, 6) is 0. The third kappa shape index (κ3) is 1.38. The van der Waals surface area contributed by atoms with Crippen molar-refractivity contribution in [2.45, 2.75) is 0 Å². The van der Waals surface area contributed by atoms with Gasteiger partial charge in [-0.25, -0.2) is 0 Å². The van der Waals surface area contributed by atoms with Crippen molar-refractivity contribution in [3.63, 3.8) is 0 Å². The van der Waals surface area contributed by atoms with Gasteiger partial charge in [0.2, 0.25) is 0 Å². The van der Waals surface area contributed by atoms with E-state index in [9.17, 15) is 5.26 Å². The number of nitrogens with zero attached hydrogens (tertiary/aromatic N) is 1. The molecular weight excluding hydrogens is 242 g/mol. The van der Waals surface area contributed by atoms with E-state index in [0.29, 0.717) is 10.9 Å². The predicted molar refractivity (Wildman–Crippen MR) is 76.8 cm³/mol. The van der Waals surface area contributed by atoms with Crippen molar-refractivity contribution in [3.05, 3.63) is 41.7 Å². The van der Waals surface area contributed by atoms with Gasteiger partial charge in [0.25, 0.3) is 0 Å². The minimum atomic E-state index is 0.116. The maximum atomic E-state index is 9.18. The second-order valence-corrected chi connectivity index (χ2v) is 4.50. The monoisotopic (exact) mass is 251 g/mol. The molecule has 3 N–H and O–H groups in total. The summed E-state index contributed by atoms with van der Waals surface area (Å²) in [7, 11) is 0. The zero-order valence-electron chi connectivity index (χ0n) is 9.40. The SMILES string of the molecule is N#C/C(C(N)=S)=c1/[nH]c2cccc3cccc1c32. The van der Waals surface area contributed by atoms with E-state index in [2.05, 4.69) is 11.1 Å². The van der Waals surface area contributed by atoms with Gasteiger partial charge in [0, 0.05) is 16.3 Å². The van der Waals surface area contributed by atoms with Gasteiger partial charge in [-0.05, 0) is 11.5 Å². The van der Waals surface area contributed by atoms with Crippen LogP contribution in [0.2, 0.25) is 0 Å². The van der Waals surface area contributed by atoms with Crippen LogP contribution in [-0.4, -0.2) is 9.97 Å². The molecule has 18 heavy (non-hydrogen) atoms. The van der Waals surface area contributed by atoms with Gasteiger partial charge in [-0.15, -0.1) is 0 Å².